The monoisotopic (exact) mass is 220 g/mol. The highest BCUT2D eigenvalue weighted by Crippen LogP contribution is 2.20. The molecule has 6 heteroatoms. The van der Waals surface area contributed by atoms with Gasteiger partial charge in [0, 0.05) is 32.5 Å². The third kappa shape index (κ3) is 2.00. The van der Waals surface area contributed by atoms with Crippen LogP contribution in [0.1, 0.15) is 5.69 Å². The second-order valence-corrected chi connectivity index (χ2v) is 3.70. The molecule has 0 aliphatic heterocycles. The molecule has 0 aliphatic carbocycles. The first kappa shape index (κ1) is 10.5. The van der Waals surface area contributed by atoms with Crippen LogP contribution in [0.25, 0.3) is 0 Å². The number of anilines is 2. The van der Waals surface area contributed by atoms with Gasteiger partial charge in [0.05, 0.1) is 17.7 Å². The van der Waals surface area contributed by atoms with Crippen molar-refractivity contribution in [2.75, 3.05) is 17.6 Å². The van der Waals surface area contributed by atoms with Crippen molar-refractivity contribution >= 4 is 11.5 Å². The van der Waals surface area contributed by atoms with Gasteiger partial charge < -0.3 is 15.6 Å². The lowest BCUT2D eigenvalue weighted by atomic mass is 10.4. The molecule has 0 atom stereocenters. The van der Waals surface area contributed by atoms with Crippen LogP contribution in [0.15, 0.2) is 18.7 Å². The summed E-state index contributed by atoms with van der Waals surface area (Å²) in [6.07, 6.45) is 5.49. The third-order valence-electron chi connectivity index (χ3n) is 2.49. The number of hydrogen-bond donors (Lipinski definition) is 2. The number of nitrogens with zero attached hydrogens (tertiary/aromatic N) is 4. The summed E-state index contributed by atoms with van der Waals surface area (Å²) in [4.78, 5) is 3.98. The number of aryl methyl sites for hydroxylation is 2. The van der Waals surface area contributed by atoms with Crippen molar-refractivity contribution in [2.24, 2.45) is 7.05 Å². The lowest BCUT2D eigenvalue weighted by Crippen LogP contribution is -2.12. The molecule has 2 heterocycles. The molecular formula is C10H16N6. The standard InChI is InChI=1S/C10H16N6/c1-8-9(11)10(15(2)14-8)13-4-6-16-5-3-12-7-16/h3,5,7,13H,4,6,11H2,1-2H3. The van der Waals surface area contributed by atoms with Crippen molar-refractivity contribution in [1.82, 2.24) is 19.3 Å². The van der Waals surface area contributed by atoms with E-state index >= 15 is 0 Å². The molecule has 0 aromatic carbocycles. The molecule has 2 rings (SSSR count). The first-order valence-electron chi connectivity index (χ1n) is 5.17. The molecular weight excluding hydrogens is 204 g/mol. The average molecular weight is 220 g/mol. The Balaban J connectivity index is 1.95. The number of nitrogen functional groups attached to an aromatic ring is 1. The number of nitrogens with one attached hydrogen (secondary N) is 1. The molecule has 0 radical (unpaired) electrons. The highest BCUT2D eigenvalue weighted by atomic mass is 15.3. The quantitative estimate of drug-likeness (QED) is 0.792. The van der Waals surface area contributed by atoms with Crippen molar-refractivity contribution in [3.63, 3.8) is 0 Å². The largest absolute Gasteiger partial charge is 0.394 e. The zero-order valence-corrected chi connectivity index (χ0v) is 9.51. The van der Waals surface area contributed by atoms with Gasteiger partial charge in [0.25, 0.3) is 0 Å². The highest BCUT2D eigenvalue weighted by molar-refractivity contribution is 5.64. The van der Waals surface area contributed by atoms with Crippen molar-refractivity contribution < 1.29 is 0 Å². The predicted molar refractivity (Wildman–Crippen MR) is 63.1 cm³/mol. The molecule has 86 valence electrons. The van der Waals surface area contributed by atoms with Crippen molar-refractivity contribution in [3.8, 4) is 0 Å². The fraction of sp³-hybridized carbons (Fsp3) is 0.400. The number of rotatable bonds is 4. The first-order chi connectivity index (χ1) is 7.68. The van der Waals surface area contributed by atoms with E-state index < -0.39 is 0 Å². The Morgan fingerprint density at radius 2 is 2.31 bits per heavy atom. The van der Waals surface area contributed by atoms with E-state index in [9.17, 15) is 0 Å². The van der Waals surface area contributed by atoms with Crippen molar-refractivity contribution in [3.05, 3.63) is 24.4 Å². The molecule has 3 N–H and O–H groups in total. The Labute approximate surface area is 94.1 Å². The summed E-state index contributed by atoms with van der Waals surface area (Å²) in [7, 11) is 1.88. The summed E-state index contributed by atoms with van der Waals surface area (Å²) in [5.41, 5.74) is 7.47. The molecule has 0 saturated heterocycles. The molecule has 6 nitrogen and oxygen atoms in total. The average Bonchev–Trinajstić information content (AvgIpc) is 2.82. The van der Waals surface area contributed by atoms with Gasteiger partial charge in [0.15, 0.2) is 0 Å². The minimum atomic E-state index is 0.716. The molecule has 0 spiro atoms. The maximum absolute atomic E-state index is 5.90. The number of imidazole rings is 1. The Bertz CT molecular complexity index is 456. The van der Waals surface area contributed by atoms with Gasteiger partial charge in [-0.1, -0.05) is 0 Å². The molecule has 0 aliphatic rings. The minimum Gasteiger partial charge on any atom is -0.394 e. The van der Waals surface area contributed by atoms with E-state index in [1.54, 1.807) is 17.2 Å². The summed E-state index contributed by atoms with van der Waals surface area (Å²) in [5.74, 6) is 0.873. The lowest BCUT2D eigenvalue weighted by molar-refractivity contribution is 0.709. The summed E-state index contributed by atoms with van der Waals surface area (Å²) in [5, 5.41) is 7.50. The van der Waals surface area contributed by atoms with Crippen LogP contribution in [0.5, 0.6) is 0 Å². The fourth-order valence-corrected chi connectivity index (χ4v) is 1.61. The van der Waals surface area contributed by atoms with Crippen LogP contribution in [0.3, 0.4) is 0 Å². The van der Waals surface area contributed by atoms with Crippen LogP contribution in [0.4, 0.5) is 11.5 Å². The molecule has 0 bridgehead atoms. The number of hydrogen-bond acceptors (Lipinski definition) is 4. The van der Waals surface area contributed by atoms with Crippen LogP contribution in [0.2, 0.25) is 0 Å². The van der Waals surface area contributed by atoms with Gasteiger partial charge in [0.1, 0.15) is 5.82 Å². The first-order valence-corrected chi connectivity index (χ1v) is 5.17. The Hall–Kier alpha value is -1.98. The van der Waals surface area contributed by atoms with Gasteiger partial charge in [-0.3, -0.25) is 4.68 Å². The summed E-state index contributed by atoms with van der Waals surface area (Å²) < 4.78 is 3.77. The normalized spacial score (nSPS) is 10.6. The van der Waals surface area contributed by atoms with Crippen LogP contribution in [0, 0.1) is 6.92 Å². The molecule has 0 saturated carbocycles. The fourth-order valence-electron chi connectivity index (χ4n) is 1.61. The van der Waals surface area contributed by atoms with Gasteiger partial charge in [-0.25, -0.2) is 4.98 Å². The molecule has 2 aromatic heterocycles. The van der Waals surface area contributed by atoms with Gasteiger partial charge >= 0.3 is 0 Å². The molecule has 0 unspecified atom stereocenters. The van der Waals surface area contributed by atoms with Gasteiger partial charge in [-0.15, -0.1) is 0 Å². The second-order valence-electron chi connectivity index (χ2n) is 3.70. The zero-order chi connectivity index (χ0) is 11.5. The smallest absolute Gasteiger partial charge is 0.147 e. The summed E-state index contributed by atoms with van der Waals surface area (Å²) in [6, 6.07) is 0. The van der Waals surface area contributed by atoms with Crippen LogP contribution in [-0.2, 0) is 13.6 Å². The molecule has 0 fully saturated rings. The number of aromatic nitrogens is 4. The van der Waals surface area contributed by atoms with E-state index in [-0.39, 0.29) is 0 Å². The Kier molecular flexibility index (Phi) is 2.80. The van der Waals surface area contributed by atoms with E-state index in [4.69, 9.17) is 5.73 Å². The highest BCUT2D eigenvalue weighted by Gasteiger charge is 2.08. The Morgan fingerprint density at radius 1 is 1.50 bits per heavy atom. The number of nitrogens with two attached hydrogens (primary N) is 1. The summed E-state index contributed by atoms with van der Waals surface area (Å²) >= 11 is 0. The van der Waals surface area contributed by atoms with Crippen LogP contribution < -0.4 is 11.1 Å². The van der Waals surface area contributed by atoms with Gasteiger partial charge in [-0.05, 0) is 6.92 Å². The zero-order valence-electron chi connectivity index (χ0n) is 9.51. The van der Waals surface area contributed by atoms with Crippen molar-refractivity contribution in [1.29, 1.82) is 0 Å². The van der Waals surface area contributed by atoms with Gasteiger partial charge in [0.2, 0.25) is 0 Å². The maximum atomic E-state index is 5.90. The predicted octanol–water partition coefficient (Wildman–Crippen LogP) is 0.619. The maximum Gasteiger partial charge on any atom is 0.147 e. The molecule has 0 amide bonds. The van der Waals surface area contributed by atoms with E-state index in [0.717, 1.165) is 24.6 Å². The van der Waals surface area contributed by atoms with E-state index in [0.29, 0.717) is 5.69 Å². The molecule has 16 heavy (non-hydrogen) atoms. The lowest BCUT2D eigenvalue weighted by Gasteiger charge is -2.07. The second kappa shape index (κ2) is 4.26. The van der Waals surface area contributed by atoms with Crippen molar-refractivity contribution in [2.45, 2.75) is 13.5 Å². The van der Waals surface area contributed by atoms with E-state index in [2.05, 4.69) is 15.4 Å². The molecule has 2 aromatic rings. The SMILES string of the molecule is Cc1nn(C)c(NCCn2ccnc2)c1N. The topological polar surface area (TPSA) is 73.7 Å². The van der Waals surface area contributed by atoms with Crippen LogP contribution in [-0.4, -0.2) is 25.9 Å². The van der Waals surface area contributed by atoms with E-state index in [1.807, 2.05) is 24.7 Å². The van der Waals surface area contributed by atoms with Gasteiger partial charge in [-0.2, -0.15) is 5.10 Å². The third-order valence-corrected chi connectivity index (χ3v) is 2.49. The van der Waals surface area contributed by atoms with E-state index in [1.165, 1.54) is 0 Å². The Morgan fingerprint density at radius 3 is 2.88 bits per heavy atom. The summed E-state index contributed by atoms with van der Waals surface area (Å²) in [6.45, 7) is 3.54. The minimum absolute atomic E-state index is 0.716. The van der Waals surface area contributed by atoms with Crippen LogP contribution >= 0.6 is 0 Å².